The van der Waals surface area contributed by atoms with Gasteiger partial charge in [0.05, 0.1) is 12.7 Å². The molecule has 64 valence electrons. The largest absolute Gasteiger partial charge is 0.394 e. The van der Waals surface area contributed by atoms with E-state index in [1.165, 1.54) is 0 Å². The molecule has 0 aliphatic heterocycles. The van der Waals surface area contributed by atoms with Crippen molar-refractivity contribution in [1.29, 1.82) is 0 Å². The highest BCUT2D eigenvalue weighted by Gasteiger charge is 2.08. The minimum atomic E-state index is -1.00. The van der Waals surface area contributed by atoms with Crippen LogP contribution in [0.1, 0.15) is 6.92 Å². The van der Waals surface area contributed by atoms with Crippen LogP contribution in [-0.2, 0) is 9.59 Å². The zero-order chi connectivity index (χ0) is 8.85. The monoisotopic (exact) mass is 161 g/mol. The number of carbonyl (C=O) groups is 2. The topological polar surface area (TPSA) is 86.6 Å². The maximum absolute atomic E-state index is 10.5. The molecule has 0 aromatic rings. The highest BCUT2D eigenvalue weighted by Crippen LogP contribution is 1.77. The predicted molar refractivity (Wildman–Crippen MR) is 36.8 cm³/mol. The molecule has 0 heterocycles. The van der Waals surface area contributed by atoms with Gasteiger partial charge in [0.1, 0.15) is 0 Å². The molecule has 0 bridgehead atoms. The number of hydrogen-bond donors (Lipinski definition) is 3. The Hall–Kier alpha value is -0.940. The standard InChI is InChI=1S/C6H11NO4/c1-4(9)6(11)7-2-5(10)3-8/h5,8,10H,2-3H2,1H3,(H,7,11)/t5-/m0/s1. The summed E-state index contributed by atoms with van der Waals surface area (Å²) in [5, 5.41) is 19.1. The Kier molecular flexibility index (Phi) is 4.40. The van der Waals surface area contributed by atoms with E-state index in [1.54, 1.807) is 0 Å². The summed E-state index contributed by atoms with van der Waals surface area (Å²) < 4.78 is 0. The summed E-state index contributed by atoms with van der Waals surface area (Å²) in [5.74, 6) is -1.37. The van der Waals surface area contributed by atoms with Crippen molar-refractivity contribution in [2.75, 3.05) is 13.2 Å². The third kappa shape index (κ3) is 4.46. The van der Waals surface area contributed by atoms with Crippen LogP contribution in [0.4, 0.5) is 0 Å². The van der Waals surface area contributed by atoms with E-state index in [0.29, 0.717) is 0 Å². The second-order valence-electron chi connectivity index (χ2n) is 2.10. The second-order valence-corrected chi connectivity index (χ2v) is 2.10. The van der Waals surface area contributed by atoms with Crippen LogP contribution in [-0.4, -0.2) is 41.2 Å². The van der Waals surface area contributed by atoms with E-state index in [1.807, 2.05) is 0 Å². The normalized spacial score (nSPS) is 12.3. The van der Waals surface area contributed by atoms with E-state index in [4.69, 9.17) is 10.2 Å². The van der Waals surface area contributed by atoms with Crippen molar-refractivity contribution in [3.8, 4) is 0 Å². The molecule has 0 rings (SSSR count). The number of Topliss-reactive ketones (excluding diaryl/α,β-unsaturated/α-hetero) is 1. The first kappa shape index (κ1) is 10.1. The molecule has 0 unspecified atom stereocenters. The number of aliphatic hydroxyl groups excluding tert-OH is 2. The number of aliphatic hydroxyl groups is 2. The van der Waals surface area contributed by atoms with Crippen LogP contribution in [0.25, 0.3) is 0 Å². The molecule has 3 N–H and O–H groups in total. The van der Waals surface area contributed by atoms with E-state index < -0.39 is 24.4 Å². The average molecular weight is 161 g/mol. The zero-order valence-electron chi connectivity index (χ0n) is 6.20. The van der Waals surface area contributed by atoms with Gasteiger partial charge in [0.2, 0.25) is 5.78 Å². The third-order valence-electron chi connectivity index (χ3n) is 1.03. The van der Waals surface area contributed by atoms with E-state index >= 15 is 0 Å². The molecular formula is C6H11NO4. The highest BCUT2D eigenvalue weighted by molar-refractivity contribution is 6.35. The van der Waals surface area contributed by atoms with E-state index in [0.717, 1.165) is 6.92 Å². The second kappa shape index (κ2) is 4.81. The molecular weight excluding hydrogens is 150 g/mol. The minimum Gasteiger partial charge on any atom is -0.394 e. The Morgan fingerprint density at radius 2 is 2.09 bits per heavy atom. The molecule has 0 aliphatic rings. The molecule has 5 nitrogen and oxygen atoms in total. The van der Waals surface area contributed by atoms with Crippen LogP contribution >= 0.6 is 0 Å². The molecule has 11 heavy (non-hydrogen) atoms. The molecule has 1 atom stereocenters. The van der Waals surface area contributed by atoms with E-state index in [9.17, 15) is 9.59 Å². The number of nitrogens with one attached hydrogen (secondary N) is 1. The number of ketones is 1. The smallest absolute Gasteiger partial charge is 0.287 e. The lowest BCUT2D eigenvalue weighted by Gasteiger charge is -2.06. The first-order valence-corrected chi connectivity index (χ1v) is 3.15. The summed E-state index contributed by atoms with van der Waals surface area (Å²) in [4.78, 5) is 20.8. The van der Waals surface area contributed by atoms with Crippen LogP contribution in [0.2, 0.25) is 0 Å². The SMILES string of the molecule is CC(=O)C(=O)NC[C@H](O)CO. The fourth-order valence-corrected chi connectivity index (χ4v) is 0.400. The van der Waals surface area contributed by atoms with Gasteiger partial charge in [0, 0.05) is 13.5 Å². The van der Waals surface area contributed by atoms with Crippen molar-refractivity contribution in [3.63, 3.8) is 0 Å². The quantitative estimate of drug-likeness (QED) is 0.418. The fraction of sp³-hybridized carbons (Fsp3) is 0.667. The summed E-state index contributed by atoms with van der Waals surface area (Å²) in [5.41, 5.74) is 0. The molecule has 0 fully saturated rings. The zero-order valence-corrected chi connectivity index (χ0v) is 6.20. The Balaban J connectivity index is 3.54. The van der Waals surface area contributed by atoms with Gasteiger partial charge in [0.25, 0.3) is 5.91 Å². The maximum atomic E-state index is 10.5. The van der Waals surface area contributed by atoms with Gasteiger partial charge in [-0.05, 0) is 0 Å². The Labute approximate surface area is 64.0 Å². The third-order valence-corrected chi connectivity index (χ3v) is 1.03. The molecule has 0 aliphatic carbocycles. The Morgan fingerprint density at radius 3 is 2.45 bits per heavy atom. The van der Waals surface area contributed by atoms with Crippen molar-refractivity contribution in [3.05, 3.63) is 0 Å². The summed E-state index contributed by atoms with van der Waals surface area (Å²) >= 11 is 0. The van der Waals surface area contributed by atoms with Crippen LogP contribution in [0.5, 0.6) is 0 Å². The van der Waals surface area contributed by atoms with Gasteiger partial charge in [-0.1, -0.05) is 0 Å². The molecule has 5 heteroatoms. The number of hydrogen-bond acceptors (Lipinski definition) is 4. The lowest BCUT2D eigenvalue weighted by Crippen LogP contribution is -2.36. The first-order chi connectivity index (χ1) is 5.07. The van der Waals surface area contributed by atoms with Crippen LogP contribution < -0.4 is 5.32 Å². The van der Waals surface area contributed by atoms with Gasteiger partial charge >= 0.3 is 0 Å². The van der Waals surface area contributed by atoms with Crippen LogP contribution in [0.3, 0.4) is 0 Å². The average Bonchev–Trinajstić information content (AvgIpc) is 1.99. The van der Waals surface area contributed by atoms with Crippen LogP contribution in [0.15, 0.2) is 0 Å². The molecule has 1 amide bonds. The molecule has 0 saturated heterocycles. The number of carbonyl (C=O) groups excluding carboxylic acids is 2. The summed E-state index contributed by atoms with van der Waals surface area (Å²) in [6, 6.07) is 0. The maximum Gasteiger partial charge on any atom is 0.287 e. The Bertz CT molecular complexity index is 157. The van der Waals surface area contributed by atoms with Gasteiger partial charge in [-0.25, -0.2) is 0 Å². The van der Waals surface area contributed by atoms with Crippen molar-refractivity contribution in [2.45, 2.75) is 13.0 Å². The highest BCUT2D eigenvalue weighted by atomic mass is 16.3. The van der Waals surface area contributed by atoms with Gasteiger partial charge < -0.3 is 15.5 Å². The van der Waals surface area contributed by atoms with Gasteiger partial charge in [-0.3, -0.25) is 9.59 Å². The molecule has 0 aromatic carbocycles. The first-order valence-electron chi connectivity index (χ1n) is 3.15. The van der Waals surface area contributed by atoms with Crippen molar-refractivity contribution >= 4 is 11.7 Å². The summed E-state index contributed by atoms with van der Waals surface area (Å²) in [6.45, 7) is 0.591. The Morgan fingerprint density at radius 1 is 1.55 bits per heavy atom. The van der Waals surface area contributed by atoms with Gasteiger partial charge in [0.15, 0.2) is 0 Å². The van der Waals surface area contributed by atoms with Gasteiger partial charge in [-0.2, -0.15) is 0 Å². The van der Waals surface area contributed by atoms with Crippen molar-refractivity contribution in [2.24, 2.45) is 0 Å². The lowest BCUT2D eigenvalue weighted by atomic mass is 10.3. The number of rotatable bonds is 4. The van der Waals surface area contributed by atoms with E-state index in [-0.39, 0.29) is 6.54 Å². The molecule has 0 saturated carbocycles. The van der Waals surface area contributed by atoms with Crippen molar-refractivity contribution in [1.82, 2.24) is 5.32 Å². The predicted octanol–water partition coefficient (Wildman–Crippen LogP) is -1.96. The minimum absolute atomic E-state index is 0.102. The fourth-order valence-electron chi connectivity index (χ4n) is 0.400. The van der Waals surface area contributed by atoms with Crippen LogP contribution in [0, 0.1) is 0 Å². The van der Waals surface area contributed by atoms with E-state index in [2.05, 4.69) is 5.32 Å². The summed E-state index contributed by atoms with van der Waals surface area (Å²) in [7, 11) is 0. The van der Waals surface area contributed by atoms with Crippen molar-refractivity contribution < 1.29 is 19.8 Å². The molecule has 0 aromatic heterocycles. The molecule has 0 spiro atoms. The van der Waals surface area contributed by atoms with Gasteiger partial charge in [-0.15, -0.1) is 0 Å². The number of amides is 1. The lowest BCUT2D eigenvalue weighted by molar-refractivity contribution is -0.137. The molecule has 0 radical (unpaired) electrons. The summed E-state index contributed by atoms with van der Waals surface area (Å²) in [6.07, 6.45) is -1.00.